The van der Waals surface area contributed by atoms with E-state index in [0.717, 1.165) is 14.7 Å². The number of imide groups is 1. The van der Waals surface area contributed by atoms with Crippen molar-refractivity contribution in [2.75, 3.05) is 7.11 Å². The number of hydrogen-bond acceptors (Lipinski definition) is 4. The van der Waals surface area contributed by atoms with Gasteiger partial charge in [0.05, 0.1) is 17.2 Å². The molecule has 9 heteroatoms. The lowest BCUT2D eigenvalue weighted by Gasteiger charge is -2.14. The molecule has 174 valence electrons. The zero-order chi connectivity index (χ0) is 24.2. The molecule has 1 aliphatic heterocycles. The van der Waals surface area contributed by atoms with Crippen LogP contribution in [0.1, 0.15) is 16.7 Å². The fourth-order valence-electron chi connectivity index (χ4n) is 3.40. The Bertz CT molecular complexity index is 1280. The minimum absolute atomic E-state index is 0.195. The Balaban J connectivity index is 1.54. The van der Waals surface area contributed by atoms with Crippen molar-refractivity contribution >= 4 is 63.8 Å². The van der Waals surface area contributed by atoms with Crippen molar-refractivity contribution in [3.05, 3.63) is 96.7 Å². The van der Waals surface area contributed by atoms with Gasteiger partial charge in [0, 0.05) is 15.6 Å². The fraction of sp³-hybridized carbons (Fsp3) is 0.120. The normalized spacial score (nSPS) is 14.5. The molecule has 6 nitrogen and oxygen atoms in total. The van der Waals surface area contributed by atoms with Gasteiger partial charge in [-0.05, 0) is 64.1 Å². The average Bonchev–Trinajstić information content (AvgIpc) is 3.07. The van der Waals surface area contributed by atoms with E-state index in [1.165, 1.54) is 12.0 Å². The van der Waals surface area contributed by atoms with Crippen molar-refractivity contribution in [1.82, 2.24) is 10.2 Å². The Morgan fingerprint density at radius 3 is 2.53 bits per heavy atom. The third-order valence-electron chi connectivity index (χ3n) is 5.10. The van der Waals surface area contributed by atoms with Crippen LogP contribution >= 0.6 is 45.8 Å². The van der Waals surface area contributed by atoms with E-state index in [1.807, 2.05) is 36.4 Å². The Morgan fingerprint density at radius 2 is 1.82 bits per heavy atom. The van der Waals surface area contributed by atoms with Crippen LogP contribution in [-0.4, -0.2) is 23.9 Å². The quantitative estimate of drug-likeness (QED) is 0.195. The minimum Gasteiger partial charge on any atom is -0.493 e. The summed E-state index contributed by atoms with van der Waals surface area (Å²) in [7, 11) is 1.54. The van der Waals surface area contributed by atoms with E-state index in [1.54, 1.807) is 30.3 Å². The number of hydrogen-bond donors (Lipinski definition) is 1. The van der Waals surface area contributed by atoms with E-state index in [0.29, 0.717) is 27.1 Å². The Labute approximate surface area is 220 Å². The molecule has 0 radical (unpaired) electrons. The summed E-state index contributed by atoms with van der Waals surface area (Å²) in [5.74, 6) is 0.644. The summed E-state index contributed by atoms with van der Waals surface area (Å²) in [6.07, 6.45) is 1.62. The third kappa shape index (κ3) is 5.48. The van der Waals surface area contributed by atoms with E-state index in [-0.39, 0.29) is 24.8 Å². The van der Waals surface area contributed by atoms with Crippen LogP contribution in [0.15, 0.2) is 66.4 Å². The minimum atomic E-state index is -0.457. The number of amides is 3. The summed E-state index contributed by atoms with van der Waals surface area (Å²) in [4.78, 5) is 26.4. The molecule has 0 unspecified atom stereocenters. The molecule has 1 heterocycles. The van der Waals surface area contributed by atoms with Gasteiger partial charge in [-0.1, -0.05) is 59.6 Å². The number of rotatable bonds is 7. The summed E-state index contributed by atoms with van der Waals surface area (Å²) in [6.45, 7) is 0.426. The van der Waals surface area contributed by atoms with Crippen molar-refractivity contribution in [3.63, 3.8) is 0 Å². The Hall–Kier alpha value is -2.75. The summed E-state index contributed by atoms with van der Waals surface area (Å²) >= 11 is 14.3. The lowest BCUT2D eigenvalue weighted by Crippen LogP contribution is -2.30. The van der Waals surface area contributed by atoms with E-state index < -0.39 is 6.03 Å². The van der Waals surface area contributed by atoms with E-state index in [9.17, 15) is 9.59 Å². The molecular weight excluding hydrogens is 590 g/mol. The van der Waals surface area contributed by atoms with Crippen LogP contribution in [0.25, 0.3) is 6.08 Å². The Kier molecular flexibility index (Phi) is 7.65. The number of carbonyl (C=O) groups is 2. The molecule has 3 amide bonds. The summed E-state index contributed by atoms with van der Waals surface area (Å²) in [5, 5.41) is 3.71. The zero-order valence-electron chi connectivity index (χ0n) is 18.0. The van der Waals surface area contributed by atoms with E-state index in [2.05, 4.69) is 27.9 Å². The topological polar surface area (TPSA) is 67.9 Å². The van der Waals surface area contributed by atoms with Gasteiger partial charge >= 0.3 is 6.03 Å². The van der Waals surface area contributed by atoms with Crippen molar-refractivity contribution in [2.24, 2.45) is 0 Å². The standard InChI is InChI=1S/C25H19Cl2IN2O4/c1-33-22-11-16(9-20(28)23(22)34-14-17-7-8-18(26)12-19(17)27)10-21-24(31)30(25(32)29-21)13-15-5-3-2-4-6-15/h2-12H,13-14H2,1H3,(H,29,32)/b21-10+. The first-order valence-electron chi connectivity index (χ1n) is 10.2. The average molecular weight is 609 g/mol. The molecule has 1 saturated heterocycles. The number of benzene rings is 3. The van der Waals surface area contributed by atoms with Gasteiger partial charge in [0.25, 0.3) is 5.91 Å². The smallest absolute Gasteiger partial charge is 0.329 e. The molecule has 0 spiro atoms. The predicted octanol–water partition coefficient (Wildman–Crippen LogP) is 6.28. The van der Waals surface area contributed by atoms with Crippen molar-refractivity contribution in [1.29, 1.82) is 0 Å². The first kappa shape index (κ1) is 24.4. The van der Waals surface area contributed by atoms with Crippen LogP contribution in [0.5, 0.6) is 11.5 Å². The van der Waals surface area contributed by atoms with E-state index >= 15 is 0 Å². The lowest BCUT2D eigenvalue weighted by atomic mass is 10.1. The number of methoxy groups -OCH3 is 1. The van der Waals surface area contributed by atoms with Gasteiger partial charge in [-0.25, -0.2) is 4.79 Å². The molecule has 0 aliphatic carbocycles. The van der Waals surface area contributed by atoms with Gasteiger partial charge in [-0.15, -0.1) is 0 Å². The molecule has 3 aromatic rings. The largest absolute Gasteiger partial charge is 0.493 e. The van der Waals surface area contributed by atoms with Gasteiger partial charge in [0.2, 0.25) is 0 Å². The fourth-order valence-corrected chi connectivity index (χ4v) is 4.64. The zero-order valence-corrected chi connectivity index (χ0v) is 21.6. The third-order valence-corrected chi connectivity index (χ3v) is 6.48. The summed E-state index contributed by atoms with van der Waals surface area (Å²) in [6, 6.07) is 17.7. The monoisotopic (exact) mass is 608 g/mol. The highest BCUT2D eigenvalue weighted by Gasteiger charge is 2.33. The maximum absolute atomic E-state index is 12.8. The number of nitrogens with one attached hydrogen (secondary N) is 1. The molecule has 34 heavy (non-hydrogen) atoms. The lowest BCUT2D eigenvalue weighted by molar-refractivity contribution is -0.123. The molecule has 0 bridgehead atoms. The molecule has 0 atom stereocenters. The van der Waals surface area contributed by atoms with Crippen LogP contribution in [0, 0.1) is 3.57 Å². The van der Waals surface area contributed by atoms with Crippen molar-refractivity contribution in [2.45, 2.75) is 13.2 Å². The highest BCUT2D eigenvalue weighted by Crippen LogP contribution is 2.36. The number of carbonyl (C=O) groups excluding carboxylic acids is 2. The first-order valence-corrected chi connectivity index (χ1v) is 12.0. The van der Waals surface area contributed by atoms with Gasteiger partial charge in [0.15, 0.2) is 11.5 Å². The van der Waals surface area contributed by atoms with Crippen LogP contribution in [0.4, 0.5) is 4.79 Å². The maximum Gasteiger partial charge on any atom is 0.329 e. The summed E-state index contributed by atoms with van der Waals surface area (Å²) in [5.41, 5.74) is 2.53. The number of ether oxygens (including phenoxy) is 2. The molecule has 0 aromatic heterocycles. The number of nitrogens with zero attached hydrogens (tertiary/aromatic N) is 1. The van der Waals surface area contributed by atoms with E-state index in [4.69, 9.17) is 32.7 Å². The Morgan fingerprint density at radius 1 is 1.06 bits per heavy atom. The van der Waals surface area contributed by atoms with Crippen molar-refractivity contribution in [3.8, 4) is 11.5 Å². The SMILES string of the molecule is COc1cc(/C=C2/NC(=O)N(Cc3ccccc3)C2=O)cc(I)c1OCc1ccc(Cl)cc1Cl. The summed E-state index contributed by atoms with van der Waals surface area (Å²) < 4.78 is 12.3. The maximum atomic E-state index is 12.8. The van der Waals surface area contributed by atoms with Gasteiger partial charge < -0.3 is 14.8 Å². The second-order valence-corrected chi connectivity index (χ2v) is 9.43. The van der Waals surface area contributed by atoms with Crippen LogP contribution in [0.2, 0.25) is 10.0 Å². The molecule has 1 fully saturated rings. The molecule has 3 aromatic carbocycles. The van der Waals surface area contributed by atoms with Gasteiger partial charge in [-0.2, -0.15) is 0 Å². The first-order chi connectivity index (χ1) is 16.4. The van der Waals surface area contributed by atoms with Crippen LogP contribution in [-0.2, 0) is 17.9 Å². The highest BCUT2D eigenvalue weighted by molar-refractivity contribution is 14.1. The molecular formula is C25H19Cl2IN2O4. The second kappa shape index (κ2) is 10.7. The highest BCUT2D eigenvalue weighted by atomic mass is 127. The van der Waals surface area contributed by atoms with Crippen molar-refractivity contribution < 1.29 is 19.1 Å². The molecule has 1 aliphatic rings. The van der Waals surface area contributed by atoms with Gasteiger partial charge in [0.1, 0.15) is 12.3 Å². The van der Waals surface area contributed by atoms with Gasteiger partial charge in [-0.3, -0.25) is 9.69 Å². The molecule has 1 N–H and O–H groups in total. The number of urea groups is 1. The van der Waals surface area contributed by atoms with Crippen LogP contribution < -0.4 is 14.8 Å². The van der Waals surface area contributed by atoms with Crippen LogP contribution in [0.3, 0.4) is 0 Å². The molecule has 4 rings (SSSR count). The number of halogens is 3. The predicted molar refractivity (Wildman–Crippen MR) is 140 cm³/mol. The second-order valence-electron chi connectivity index (χ2n) is 7.42. The molecule has 0 saturated carbocycles.